The van der Waals surface area contributed by atoms with Crippen LogP contribution < -0.4 is 5.56 Å². The number of nitrogens with zero attached hydrogens (tertiary/aromatic N) is 4. The molecule has 3 aromatic heterocycles. The standard InChI is InChI=1S/C21H18F3N5OS/c1-10-6-5-7-16(11(10)2)29-18-17(19(30)27-20(29)31)14(21(22,23)24)8-15(26-18)13-9-25-28(4)12(13)3/h5-9H,1-4H3,(H,27,30,31). The molecule has 4 rings (SSSR count). The van der Waals surface area contributed by atoms with Gasteiger partial charge in [0.2, 0.25) is 0 Å². The average Bonchev–Trinajstić information content (AvgIpc) is 3.02. The first kappa shape index (κ1) is 21.0. The molecule has 4 aromatic rings. The number of aromatic nitrogens is 5. The summed E-state index contributed by atoms with van der Waals surface area (Å²) in [4.78, 5) is 19.5. The summed E-state index contributed by atoms with van der Waals surface area (Å²) in [6, 6.07) is 6.27. The third kappa shape index (κ3) is 3.36. The summed E-state index contributed by atoms with van der Waals surface area (Å²) in [6.45, 7) is 5.45. The molecule has 0 saturated carbocycles. The van der Waals surface area contributed by atoms with Gasteiger partial charge in [0, 0.05) is 18.3 Å². The van der Waals surface area contributed by atoms with Crippen LogP contribution in [0.15, 0.2) is 35.3 Å². The third-order valence-corrected chi connectivity index (χ3v) is 5.78. The lowest BCUT2D eigenvalue weighted by Crippen LogP contribution is -2.20. The third-order valence-electron chi connectivity index (χ3n) is 5.50. The lowest BCUT2D eigenvalue weighted by atomic mass is 10.1. The van der Waals surface area contributed by atoms with Gasteiger partial charge in [0.25, 0.3) is 5.56 Å². The lowest BCUT2D eigenvalue weighted by molar-refractivity contribution is -0.136. The van der Waals surface area contributed by atoms with Gasteiger partial charge in [0.1, 0.15) is 0 Å². The molecule has 0 spiro atoms. The van der Waals surface area contributed by atoms with Gasteiger partial charge < -0.3 is 0 Å². The van der Waals surface area contributed by atoms with Gasteiger partial charge in [-0.15, -0.1) is 0 Å². The van der Waals surface area contributed by atoms with Crippen molar-refractivity contribution in [3.63, 3.8) is 0 Å². The van der Waals surface area contributed by atoms with Crippen molar-refractivity contribution in [3.05, 3.63) is 68.0 Å². The van der Waals surface area contributed by atoms with Crippen molar-refractivity contribution < 1.29 is 13.2 Å². The number of halogens is 3. The van der Waals surface area contributed by atoms with Crippen molar-refractivity contribution in [2.24, 2.45) is 7.05 Å². The minimum absolute atomic E-state index is 0.0353. The molecule has 10 heteroatoms. The van der Waals surface area contributed by atoms with Crippen LogP contribution in [-0.2, 0) is 13.2 Å². The highest BCUT2D eigenvalue weighted by molar-refractivity contribution is 7.71. The lowest BCUT2D eigenvalue weighted by Gasteiger charge is -2.18. The molecule has 0 aliphatic rings. The van der Waals surface area contributed by atoms with Crippen molar-refractivity contribution in [2.45, 2.75) is 26.9 Å². The average molecular weight is 445 g/mol. The van der Waals surface area contributed by atoms with Crippen LogP contribution >= 0.6 is 12.2 Å². The molecule has 160 valence electrons. The Morgan fingerprint density at radius 1 is 1.16 bits per heavy atom. The van der Waals surface area contributed by atoms with Crippen LogP contribution in [-0.4, -0.2) is 24.3 Å². The van der Waals surface area contributed by atoms with Gasteiger partial charge in [-0.2, -0.15) is 18.3 Å². The summed E-state index contributed by atoms with van der Waals surface area (Å²) in [5.41, 5.74) is 1.25. The minimum atomic E-state index is -4.78. The molecule has 0 saturated heterocycles. The van der Waals surface area contributed by atoms with E-state index in [1.165, 1.54) is 10.8 Å². The largest absolute Gasteiger partial charge is 0.417 e. The highest BCUT2D eigenvalue weighted by atomic mass is 32.1. The van der Waals surface area contributed by atoms with Gasteiger partial charge >= 0.3 is 6.18 Å². The smallest absolute Gasteiger partial charge is 0.298 e. The SMILES string of the molecule is Cc1cccc(-n2c(=S)[nH]c(=O)c3c(C(F)(F)F)cc(-c4cnn(C)c4C)nc32)c1C. The Hall–Kier alpha value is -3.27. The van der Waals surface area contributed by atoms with Crippen LogP contribution in [0.1, 0.15) is 22.4 Å². The van der Waals surface area contributed by atoms with E-state index in [9.17, 15) is 18.0 Å². The van der Waals surface area contributed by atoms with Crippen LogP contribution in [0, 0.1) is 25.5 Å². The number of fused-ring (bicyclic) bond motifs is 1. The van der Waals surface area contributed by atoms with Crippen LogP contribution in [0.25, 0.3) is 28.0 Å². The fourth-order valence-electron chi connectivity index (χ4n) is 3.54. The van der Waals surface area contributed by atoms with Crippen LogP contribution in [0.3, 0.4) is 0 Å². The predicted octanol–water partition coefficient (Wildman–Crippen LogP) is 4.79. The number of benzene rings is 1. The molecule has 31 heavy (non-hydrogen) atoms. The maximum absolute atomic E-state index is 14.0. The van der Waals surface area contributed by atoms with E-state index in [1.54, 1.807) is 30.8 Å². The first-order chi connectivity index (χ1) is 14.5. The first-order valence-electron chi connectivity index (χ1n) is 9.33. The Balaban J connectivity index is 2.24. The second-order valence-electron chi connectivity index (χ2n) is 7.33. The maximum Gasteiger partial charge on any atom is 0.417 e. The summed E-state index contributed by atoms with van der Waals surface area (Å²) >= 11 is 5.35. The summed E-state index contributed by atoms with van der Waals surface area (Å²) in [5.74, 6) is 0. The number of hydrogen-bond donors (Lipinski definition) is 1. The molecular weight excluding hydrogens is 427 g/mol. The molecule has 1 N–H and O–H groups in total. The molecule has 1 aromatic carbocycles. The Bertz CT molecular complexity index is 1460. The molecule has 0 unspecified atom stereocenters. The normalized spacial score (nSPS) is 12.0. The van der Waals surface area contributed by atoms with Gasteiger partial charge in [0.15, 0.2) is 10.4 Å². The van der Waals surface area contributed by atoms with Gasteiger partial charge in [-0.05, 0) is 56.2 Å². The van der Waals surface area contributed by atoms with E-state index in [-0.39, 0.29) is 16.1 Å². The van der Waals surface area contributed by atoms with Gasteiger partial charge in [-0.3, -0.25) is 19.0 Å². The second-order valence-corrected chi connectivity index (χ2v) is 7.72. The quantitative estimate of drug-likeness (QED) is 0.451. The Morgan fingerprint density at radius 3 is 2.48 bits per heavy atom. The van der Waals surface area contributed by atoms with Crippen molar-refractivity contribution in [1.29, 1.82) is 0 Å². The number of rotatable bonds is 2. The fraction of sp³-hybridized carbons (Fsp3) is 0.238. The van der Waals surface area contributed by atoms with E-state index < -0.39 is 22.7 Å². The zero-order chi connectivity index (χ0) is 22.7. The topological polar surface area (TPSA) is 68.5 Å². The van der Waals surface area contributed by atoms with Crippen molar-refractivity contribution in [1.82, 2.24) is 24.3 Å². The Labute approximate surface area is 180 Å². The van der Waals surface area contributed by atoms with Crippen LogP contribution in [0.4, 0.5) is 13.2 Å². The van der Waals surface area contributed by atoms with E-state index in [0.717, 1.165) is 17.2 Å². The number of H-pyrrole nitrogens is 1. The van der Waals surface area contributed by atoms with Crippen LogP contribution in [0.5, 0.6) is 0 Å². The van der Waals surface area contributed by atoms with Gasteiger partial charge in [0.05, 0.1) is 28.5 Å². The molecule has 0 aliphatic heterocycles. The molecule has 0 bridgehead atoms. The van der Waals surface area contributed by atoms with Crippen molar-refractivity contribution in [2.75, 3.05) is 0 Å². The second kappa shape index (κ2) is 7.16. The van der Waals surface area contributed by atoms with E-state index in [1.807, 2.05) is 19.9 Å². The highest BCUT2D eigenvalue weighted by Crippen LogP contribution is 2.36. The van der Waals surface area contributed by atoms with Crippen molar-refractivity contribution >= 4 is 23.3 Å². The minimum Gasteiger partial charge on any atom is -0.298 e. The Morgan fingerprint density at radius 2 is 1.87 bits per heavy atom. The number of pyridine rings is 1. The number of aromatic amines is 1. The van der Waals surface area contributed by atoms with Gasteiger partial charge in [-0.25, -0.2) is 4.98 Å². The number of alkyl halides is 3. The molecule has 0 atom stereocenters. The summed E-state index contributed by atoms with van der Waals surface area (Å²) in [6.07, 6.45) is -3.32. The Kier molecular flexibility index (Phi) is 4.84. The van der Waals surface area contributed by atoms with E-state index in [0.29, 0.717) is 16.9 Å². The maximum atomic E-state index is 14.0. The summed E-state index contributed by atoms with van der Waals surface area (Å²) in [5, 5.41) is 3.54. The van der Waals surface area contributed by atoms with Gasteiger partial charge in [-0.1, -0.05) is 12.1 Å². The molecular formula is C21H18F3N5OS. The number of hydrogen-bond acceptors (Lipinski definition) is 4. The number of aryl methyl sites for hydroxylation is 2. The van der Waals surface area contributed by atoms with Crippen LogP contribution in [0.2, 0.25) is 0 Å². The summed E-state index contributed by atoms with van der Waals surface area (Å²) < 4.78 is 45.0. The molecule has 6 nitrogen and oxygen atoms in total. The predicted molar refractivity (Wildman–Crippen MR) is 114 cm³/mol. The highest BCUT2D eigenvalue weighted by Gasteiger charge is 2.36. The molecule has 0 radical (unpaired) electrons. The number of nitrogens with one attached hydrogen (secondary N) is 1. The fourth-order valence-corrected chi connectivity index (χ4v) is 3.82. The van der Waals surface area contributed by atoms with Crippen molar-refractivity contribution in [3.8, 4) is 16.9 Å². The monoisotopic (exact) mass is 445 g/mol. The molecule has 0 aliphatic carbocycles. The zero-order valence-electron chi connectivity index (χ0n) is 17.1. The molecule has 3 heterocycles. The van der Waals surface area contributed by atoms with E-state index in [4.69, 9.17) is 12.2 Å². The van der Waals surface area contributed by atoms with E-state index >= 15 is 0 Å². The van der Waals surface area contributed by atoms with E-state index in [2.05, 4.69) is 15.1 Å². The first-order valence-corrected chi connectivity index (χ1v) is 9.74. The molecule has 0 amide bonds. The molecule has 0 fully saturated rings. The zero-order valence-corrected chi connectivity index (χ0v) is 17.9. The summed E-state index contributed by atoms with van der Waals surface area (Å²) in [7, 11) is 1.69.